The minimum atomic E-state index is -6.79. The van der Waals surface area contributed by atoms with E-state index in [2.05, 4.69) is 0 Å². The first kappa shape index (κ1) is 21.5. The molecule has 0 amide bonds. The van der Waals surface area contributed by atoms with Gasteiger partial charge in [-0.3, -0.25) is 0 Å². The Labute approximate surface area is 126 Å². The Kier molecular flexibility index (Phi) is 4.69. The summed E-state index contributed by atoms with van der Waals surface area (Å²) >= 11 is 0. The van der Waals surface area contributed by atoms with Gasteiger partial charge in [0.2, 0.25) is 0 Å². The van der Waals surface area contributed by atoms with E-state index in [4.69, 9.17) is 0 Å². The summed E-state index contributed by atoms with van der Waals surface area (Å²) in [5, 5.41) is 0. The fraction of sp³-hybridized carbons (Fsp3) is 0.600. The maximum atomic E-state index is 12.6. The van der Waals surface area contributed by atoms with Crippen LogP contribution in [0.1, 0.15) is 0 Å². The maximum Gasteiger partial charge on any atom is 0.417 e. The summed E-state index contributed by atoms with van der Waals surface area (Å²) in [5.74, 6) is -5.18. The molecule has 0 saturated carbocycles. The van der Waals surface area contributed by atoms with Gasteiger partial charge >= 0.3 is 30.9 Å². The molecule has 0 unspecified atom stereocenters. The molecule has 0 radical (unpaired) electrons. The van der Waals surface area contributed by atoms with Crippen molar-refractivity contribution >= 4 is 0 Å². The fourth-order valence-corrected chi connectivity index (χ4v) is 2.23. The second kappa shape index (κ2) is 5.46. The van der Waals surface area contributed by atoms with E-state index >= 15 is 0 Å². The Bertz CT molecular complexity index is 549. The van der Waals surface area contributed by atoms with Crippen molar-refractivity contribution in [3.05, 3.63) is 22.3 Å². The minimum absolute atomic E-state index is 4.01. The summed E-state index contributed by atoms with van der Waals surface area (Å²) in [4.78, 5) is 0. The quantitative estimate of drug-likeness (QED) is 0.432. The Morgan fingerprint density at radius 1 is 0.400 bits per heavy atom. The molecule has 0 nitrogen and oxygen atoms in total. The lowest BCUT2D eigenvalue weighted by atomic mass is 9.93. The van der Waals surface area contributed by atoms with E-state index in [0.717, 1.165) is 0 Å². The summed E-state index contributed by atoms with van der Waals surface area (Å²) < 4.78 is 189. The van der Waals surface area contributed by atoms with Gasteiger partial charge in [0, 0.05) is 0 Å². The molecular formula is C10HF15. The van der Waals surface area contributed by atoms with Crippen LogP contribution in [-0.2, 0) is 0 Å². The summed E-state index contributed by atoms with van der Waals surface area (Å²) in [7, 11) is 0. The van der Waals surface area contributed by atoms with Crippen molar-refractivity contribution in [2.45, 2.75) is 30.9 Å². The molecule has 25 heavy (non-hydrogen) atoms. The normalized spacial score (nSPS) is 19.3. The first-order valence-electron chi connectivity index (χ1n) is 5.45. The third kappa shape index (κ3) is 3.99. The molecule has 0 heterocycles. The van der Waals surface area contributed by atoms with Crippen molar-refractivity contribution in [2.24, 2.45) is 5.92 Å². The van der Waals surface area contributed by atoms with Crippen molar-refractivity contribution in [1.29, 1.82) is 0 Å². The average molecular weight is 406 g/mol. The second-order valence-corrected chi connectivity index (χ2v) is 4.54. The molecule has 0 aromatic carbocycles. The van der Waals surface area contributed by atoms with E-state index in [1.807, 2.05) is 0 Å². The third-order valence-corrected chi connectivity index (χ3v) is 2.87. The second-order valence-electron chi connectivity index (χ2n) is 4.54. The van der Waals surface area contributed by atoms with Crippen molar-refractivity contribution in [1.82, 2.24) is 0 Å². The Hall–Kier alpha value is -1.57. The number of allylic oxidation sites excluding steroid dienone is 4. The maximum absolute atomic E-state index is 12.6. The van der Waals surface area contributed by atoms with Crippen molar-refractivity contribution in [3.8, 4) is 0 Å². The van der Waals surface area contributed by atoms with E-state index in [9.17, 15) is 65.9 Å². The number of hydrogen-bond acceptors (Lipinski definition) is 0. The zero-order chi connectivity index (χ0) is 20.4. The van der Waals surface area contributed by atoms with Crippen LogP contribution in [0, 0.1) is 5.92 Å². The first-order valence-corrected chi connectivity index (χ1v) is 5.45. The Morgan fingerprint density at radius 2 is 0.640 bits per heavy atom. The molecule has 0 aliphatic heterocycles. The van der Waals surface area contributed by atoms with Crippen molar-refractivity contribution < 1.29 is 65.9 Å². The highest BCUT2D eigenvalue weighted by molar-refractivity contribution is 5.58. The summed E-state index contributed by atoms with van der Waals surface area (Å²) in [6.07, 6.45) is -33.8. The highest BCUT2D eigenvalue weighted by atomic mass is 19.4. The van der Waals surface area contributed by atoms with Crippen LogP contribution in [0.5, 0.6) is 0 Å². The molecule has 1 aliphatic carbocycles. The predicted molar refractivity (Wildman–Crippen MR) is 47.8 cm³/mol. The fourth-order valence-electron chi connectivity index (χ4n) is 2.23. The summed E-state index contributed by atoms with van der Waals surface area (Å²) in [6.45, 7) is 0. The largest absolute Gasteiger partial charge is 0.417 e. The number of halogens is 15. The lowest BCUT2D eigenvalue weighted by Gasteiger charge is -2.25. The molecular weight excluding hydrogens is 405 g/mol. The summed E-state index contributed by atoms with van der Waals surface area (Å²) in [6, 6.07) is 0. The van der Waals surface area contributed by atoms with Crippen LogP contribution in [0.2, 0.25) is 0 Å². The highest BCUT2D eigenvalue weighted by Crippen LogP contribution is 2.61. The Morgan fingerprint density at radius 3 is 0.760 bits per heavy atom. The molecule has 1 rings (SSSR count). The van der Waals surface area contributed by atoms with Gasteiger partial charge in [-0.05, 0) is 0 Å². The molecule has 0 bridgehead atoms. The standard InChI is InChI=1S/C10HF15/c11-6(12,13)1-2(7(14,15)16)4(9(20,21)22)5(10(23,24)25)3(1)8(17,18)19/h1H. The average Bonchev–Trinajstić information content (AvgIpc) is 2.61. The van der Waals surface area contributed by atoms with E-state index in [0.29, 0.717) is 0 Å². The minimum Gasteiger partial charge on any atom is -0.170 e. The van der Waals surface area contributed by atoms with Gasteiger partial charge in [-0.1, -0.05) is 0 Å². The van der Waals surface area contributed by atoms with Gasteiger partial charge in [0.05, 0.1) is 22.3 Å². The van der Waals surface area contributed by atoms with Gasteiger partial charge in [0.15, 0.2) is 0 Å². The molecule has 0 saturated heterocycles. The Balaban J connectivity index is 4.16. The molecule has 0 spiro atoms. The number of alkyl halides is 15. The third-order valence-electron chi connectivity index (χ3n) is 2.87. The zero-order valence-corrected chi connectivity index (χ0v) is 10.7. The summed E-state index contributed by atoms with van der Waals surface area (Å²) in [5.41, 5.74) is -16.1. The van der Waals surface area contributed by atoms with E-state index in [-0.39, 0.29) is 0 Å². The topological polar surface area (TPSA) is 0 Å². The van der Waals surface area contributed by atoms with Crippen LogP contribution in [0.3, 0.4) is 0 Å². The lowest BCUT2D eigenvalue weighted by Crippen LogP contribution is -2.36. The molecule has 0 fully saturated rings. The van der Waals surface area contributed by atoms with E-state index in [1.54, 1.807) is 0 Å². The van der Waals surface area contributed by atoms with Gasteiger partial charge in [0.1, 0.15) is 5.92 Å². The van der Waals surface area contributed by atoms with Crippen LogP contribution < -0.4 is 0 Å². The molecule has 15 heteroatoms. The SMILES string of the molecule is FC(F)(F)C1=C(C(F)(F)F)C(C(F)(F)F)C(C(F)(F)F)=C1C(F)(F)F. The van der Waals surface area contributed by atoms with Gasteiger partial charge in [-0.2, -0.15) is 65.9 Å². The van der Waals surface area contributed by atoms with Crippen LogP contribution in [-0.4, -0.2) is 30.9 Å². The predicted octanol–water partition coefficient (Wildman–Crippen LogP) is 6.02. The molecule has 0 atom stereocenters. The van der Waals surface area contributed by atoms with Gasteiger partial charge in [-0.15, -0.1) is 0 Å². The lowest BCUT2D eigenvalue weighted by molar-refractivity contribution is -0.194. The van der Waals surface area contributed by atoms with Crippen molar-refractivity contribution in [3.63, 3.8) is 0 Å². The number of rotatable bonds is 0. The van der Waals surface area contributed by atoms with E-state index in [1.165, 1.54) is 0 Å². The van der Waals surface area contributed by atoms with Gasteiger partial charge < -0.3 is 0 Å². The molecule has 146 valence electrons. The first-order chi connectivity index (χ1) is 10.6. The van der Waals surface area contributed by atoms with Crippen molar-refractivity contribution in [2.75, 3.05) is 0 Å². The van der Waals surface area contributed by atoms with Crippen LogP contribution in [0.15, 0.2) is 22.3 Å². The van der Waals surface area contributed by atoms with Gasteiger partial charge in [-0.25, -0.2) is 0 Å². The number of hydrogen-bond donors (Lipinski definition) is 0. The van der Waals surface area contributed by atoms with Gasteiger partial charge in [0.25, 0.3) is 0 Å². The molecule has 1 aliphatic rings. The van der Waals surface area contributed by atoms with Crippen LogP contribution in [0.4, 0.5) is 65.9 Å². The highest BCUT2D eigenvalue weighted by Gasteiger charge is 2.69. The van der Waals surface area contributed by atoms with E-state index < -0.39 is 59.1 Å². The zero-order valence-electron chi connectivity index (χ0n) is 10.7. The van der Waals surface area contributed by atoms with Crippen LogP contribution in [0.25, 0.3) is 0 Å². The monoisotopic (exact) mass is 406 g/mol. The molecule has 0 aromatic heterocycles. The smallest absolute Gasteiger partial charge is 0.170 e. The molecule has 0 N–H and O–H groups in total. The van der Waals surface area contributed by atoms with Crippen LogP contribution >= 0.6 is 0 Å². The molecule has 0 aromatic rings.